The number of hydrogen-bond acceptors (Lipinski definition) is 5. The van der Waals surface area contributed by atoms with Crippen molar-refractivity contribution in [2.24, 2.45) is 5.92 Å². The van der Waals surface area contributed by atoms with Gasteiger partial charge in [-0.2, -0.15) is 4.31 Å². The zero-order chi connectivity index (χ0) is 21.0. The minimum absolute atomic E-state index is 0.0279. The van der Waals surface area contributed by atoms with E-state index in [1.54, 1.807) is 9.80 Å². The van der Waals surface area contributed by atoms with Crippen LogP contribution in [0.3, 0.4) is 0 Å². The molecule has 3 rings (SSSR count). The van der Waals surface area contributed by atoms with Crippen LogP contribution in [0.25, 0.3) is 0 Å². The highest BCUT2D eigenvalue weighted by molar-refractivity contribution is 7.89. The van der Waals surface area contributed by atoms with Crippen LogP contribution in [0.1, 0.15) is 56.5 Å². The molecule has 2 saturated heterocycles. The van der Waals surface area contributed by atoms with Crippen molar-refractivity contribution in [3.05, 3.63) is 17.9 Å². The monoisotopic (exact) mass is 425 g/mol. The highest BCUT2D eigenvalue weighted by Crippen LogP contribution is 2.23. The Morgan fingerprint density at radius 2 is 1.59 bits per heavy atom. The number of piperazine rings is 1. The van der Waals surface area contributed by atoms with Gasteiger partial charge in [0.2, 0.25) is 11.0 Å². The van der Waals surface area contributed by atoms with E-state index < -0.39 is 10.0 Å². The largest absolute Gasteiger partial charge is 0.438 e. The topological polar surface area (TPSA) is 91.1 Å². The molecule has 1 aromatic rings. The Labute approximate surface area is 172 Å². The second-order valence-corrected chi connectivity index (χ2v) is 10.1. The summed E-state index contributed by atoms with van der Waals surface area (Å²) in [5.41, 5.74) is 0. The van der Waals surface area contributed by atoms with Gasteiger partial charge < -0.3 is 14.2 Å². The summed E-state index contributed by atoms with van der Waals surface area (Å²) in [6, 6.07) is 2.79. The number of rotatable bonds is 6. The van der Waals surface area contributed by atoms with Crippen LogP contribution in [0.2, 0.25) is 0 Å². The van der Waals surface area contributed by atoms with Gasteiger partial charge in [-0.15, -0.1) is 0 Å². The van der Waals surface area contributed by atoms with Gasteiger partial charge in [0.15, 0.2) is 5.76 Å². The number of piperidine rings is 1. The summed E-state index contributed by atoms with van der Waals surface area (Å²) in [7, 11) is -3.70. The normalized spacial score (nSPS) is 19.0. The maximum absolute atomic E-state index is 12.7. The standard InChI is InChI=1S/C20H31N3O5S/c1-16(2)6-8-18(24)21-12-14-22(15-13-21)20(25)17-7-9-19(28-17)29(26,27)23-10-4-3-5-11-23/h7,9,16H,3-6,8,10-15H2,1-2H3. The summed E-state index contributed by atoms with van der Waals surface area (Å²) in [6.07, 6.45) is 4.10. The summed E-state index contributed by atoms with van der Waals surface area (Å²) in [5, 5.41) is -0.176. The summed E-state index contributed by atoms with van der Waals surface area (Å²) >= 11 is 0. The molecular weight excluding hydrogens is 394 g/mol. The Kier molecular flexibility index (Phi) is 7.00. The summed E-state index contributed by atoms with van der Waals surface area (Å²) in [4.78, 5) is 28.4. The quantitative estimate of drug-likeness (QED) is 0.697. The Bertz CT molecular complexity index is 819. The molecule has 162 valence electrons. The van der Waals surface area contributed by atoms with E-state index in [1.165, 1.54) is 16.4 Å². The van der Waals surface area contributed by atoms with Gasteiger partial charge in [0.25, 0.3) is 15.9 Å². The van der Waals surface area contributed by atoms with Gasteiger partial charge in [0.1, 0.15) is 0 Å². The molecule has 29 heavy (non-hydrogen) atoms. The first-order chi connectivity index (χ1) is 13.8. The first-order valence-corrected chi connectivity index (χ1v) is 11.9. The number of carbonyl (C=O) groups is 2. The van der Waals surface area contributed by atoms with Crippen molar-refractivity contribution in [1.82, 2.24) is 14.1 Å². The van der Waals surface area contributed by atoms with Crippen molar-refractivity contribution < 1.29 is 22.4 Å². The molecule has 0 spiro atoms. The Hall–Kier alpha value is -1.87. The number of carbonyl (C=O) groups excluding carboxylic acids is 2. The fourth-order valence-electron chi connectivity index (χ4n) is 3.69. The predicted molar refractivity (Wildman–Crippen MR) is 108 cm³/mol. The third-order valence-corrected chi connectivity index (χ3v) is 7.33. The molecule has 2 aliphatic heterocycles. The van der Waals surface area contributed by atoms with Crippen molar-refractivity contribution >= 4 is 21.8 Å². The van der Waals surface area contributed by atoms with Crippen LogP contribution in [-0.2, 0) is 14.8 Å². The smallest absolute Gasteiger partial charge is 0.289 e. The van der Waals surface area contributed by atoms with E-state index in [0.29, 0.717) is 51.6 Å². The van der Waals surface area contributed by atoms with Crippen LogP contribution in [0.15, 0.2) is 21.6 Å². The number of nitrogens with zero attached hydrogens (tertiary/aromatic N) is 3. The highest BCUT2D eigenvalue weighted by Gasteiger charge is 2.31. The van der Waals surface area contributed by atoms with Crippen LogP contribution in [0.4, 0.5) is 0 Å². The van der Waals surface area contributed by atoms with E-state index in [2.05, 4.69) is 13.8 Å². The van der Waals surface area contributed by atoms with Crippen molar-refractivity contribution in [2.75, 3.05) is 39.3 Å². The number of sulfonamides is 1. The fourth-order valence-corrected chi connectivity index (χ4v) is 5.12. The molecule has 0 unspecified atom stereocenters. The summed E-state index contributed by atoms with van der Waals surface area (Å²) in [5.74, 6) is 0.300. The molecule has 0 N–H and O–H groups in total. The SMILES string of the molecule is CC(C)CCC(=O)N1CCN(C(=O)c2ccc(S(=O)(=O)N3CCCCC3)o2)CC1. The van der Waals surface area contributed by atoms with Gasteiger partial charge in [-0.05, 0) is 37.3 Å². The van der Waals surface area contributed by atoms with Crippen molar-refractivity contribution in [3.63, 3.8) is 0 Å². The fraction of sp³-hybridized carbons (Fsp3) is 0.700. The van der Waals surface area contributed by atoms with Crippen LogP contribution in [0.5, 0.6) is 0 Å². The van der Waals surface area contributed by atoms with E-state index in [0.717, 1.165) is 25.7 Å². The van der Waals surface area contributed by atoms with Gasteiger partial charge in [-0.3, -0.25) is 9.59 Å². The van der Waals surface area contributed by atoms with E-state index in [4.69, 9.17) is 4.42 Å². The molecule has 2 amide bonds. The minimum Gasteiger partial charge on any atom is -0.438 e. The molecule has 0 bridgehead atoms. The molecular formula is C20H31N3O5S. The second-order valence-electron chi connectivity index (χ2n) is 8.19. The first kappa shape index (κ1) is 21.8. The number of furan rings is 1. The molecule has 0 aromatic carbocycles. The lowest BCUT2D eigenvalue weighted by molar-refractivity contribution is -0.132. The molecule has 2 fully saturated rings. The molecule has 0 atom stereocenters. The third kappa shape index (κ3) is 5.19. The van der Waals surface area contributed by atoms with Crippen LogP contribution >= 0.6 is 0 Å². The molecule has 0 saturated carbocycles. The lowest BCUT2D eigenvalue weighted by atomic mass is 10.1. The average molecular weight is 426 g/mol. The van der Waals surface area contributed by atoms with E-state index in [1.807, 2.05) is 0 Å². The van der Waals surface area contributed by atoms with Gasteiger partial charge in [0.05, 0.1) is 0 Å². The summed E-state index contributed by atoms with van der Waals surface area (Å²) in [6.45, 7) is 6.96. The maximum Gasteiger partial charge on any atom is 0.289 e. The number of hydrogen-bond donors (Lipinski definition) is 0. The van der Waals surface area contributed by atoms with Gasteiger partial charge in [-0.25, -0.2) is 8.42 Å². The van der Waals surface area contributed by atoms with Crippen molar-refractivity contribution in [2.45, 2.75) is 51.0 Å². The first-order valence-electron chi connectivity index (χ1n) is 10.5. The Morgan fingerprint density at radius 3 is 2.21 bits per heavy atom. The lowest BCUT2D eigenvalue weighted by Crippen LogP contribution is -2.50. The van der Waals surface area contributed by atoms with E-state index in [9.17, 15) is 18.0 Å². The van der Waals surface area contributed by atoms with Gasteiger partial charge in [0, 0.05) is 45.7 Å². The zero-order valence-electron chi connectivity index (χ0n) is 17.3. The zero-order valence-corrected chi connectivity index (χ0v) is 18.1. The van der Waals surface area contributed by atoms with Crippen LogP contribution < -0.4 is 0 Å². The molecule has 0 radical (unpaired) electrons. The van der Waals surface area contributed by atoms with E-state index in [-0.39, 0.29) is 22.7 Å². The van der Waals surface area contributed by atoms with Gasteiger partial charge in [-0.1, -0.05) is 20.3 Å². The maximum atomic E-state index is 12.7. The minimum atomic E-state index is -3.70. The number of amides is 2. The molecule has 8 nitrogen and oxygen atoms in total. The Balaban J connectivity index is 1.57. The van der Waals surface area contributed by atoms with Crippen LogP contribution in [-0.4, -0.2) is 73.6 Å². The summed E-state index contributed by atoms with van der Waals surface area (Å²) < 4.78 is 32.3. The van der Waals surface area contributed by atoms with Gasteiger partial charge >= 0.3 is 0 Å². The predicted octanol–water partition coefficient (Wildman–Crippen LogP) is 2.17. The third-order valence-electron chi connectivity index (χ3n) is 5.56. The van der Waals surface area contributed by atoms with E-state index >= 15 is 0 Å². The lowest BCUT2D eigenvalue weighted by Gasteiger charge is -2.34. The average Bonchev–Trinajstić information content (AvgIpc) is 3.23. The molecule has 9 heteroatoms. The van der Waals surface area contributed by atoms with Crippen molar-refractivity contribution in [3.8, 4) is 0 Å². The molecule has 3 heterocycles. The molecule has 2 aliphatic rings. The molecule has 0 aliphatic carbocycles. The Morgan fingerprint density at radius 1 is 0.966 bits per heavy atom. The molecule has 1 aromatic heterocycles. The highest BCUT2D eigenvalue weighted by atomic mass is 32.2. The second kappa shape index (κ2) is 9.30. The van der Waals surface area contributed by atoms with Crippen molar-refractivity contribution in [1.29, 1.82) is 0 Å². The van der Waals surface area contributed by atoms with Crippen LogP contribution in [0, 0.1) is 5.92 Å².